The summed E-state index contributed by atoms with van der Waals surface area (Å²) in [6.07, 6.45) is -0.960. The summed E-state index contributed by atoms with van der Waals surface area (Å²) in [6, 6.07) is 10.6. The standard InChI is InChI=1S/C17H13ClN2O3S2/c1-10(15(21)19-12-5-2-4-11(18)8-12)23-17(22)13-9-25-16(20-13)14-6-3-7-24-14/h2-10H,1H3,(H,19,21)/t10-/m1/s1. The Morgan fingerprint density at radius 1 is 1.24 bits per heavy atom. The Labute approximate surface area is 157 Å². The molecule has 8 heteroatoms. The van der Waals surface area contributed by atoms with E-state index in [0.717, 1.165) is 9.88 Å². The summed E-state index contributed by atoms with van der Waals surface area (Å²) in [5, 5.41) is 7.47. The summed E-state index contributed by atoms with van der Waals surface area (Å²) in [7, 11) is 0. The van der Waals surface area contributed by atoms with Gasteiger partial charge in [-0.05, 0) is 36.6 Å². The molecule has 128 valence electrons. The third-order valence-electron chi connectivity index (χ3n) is 3.19. The van der Waals surface area contributed by atoms with Gasteiger partial charge in [0.15, 0.2) is 11.8 Å². The number of carbonyl (C=O) groups excluding carboxylic acids is 2. The molecule has 3 aromatic rings. The van der Waals surface area contributed by atoms with Crippen LogP contribution >= 0.6 is 34.3 Å². The van der Waals surface area contributed by atoms with E-state index in [1.165, 1.54) is 18.3 Å². The van der Waals surface area contributed by atoms with E-state index in [1.54, 1.807) is 41.0 Å². The molecule has 5 nitrogen and oxygen atoms in total. The van der Waals surface area contributed by atoms with Gasteiger partial charge in [-0.1, -0.05) is 23.7 Å². The molecular formula is C17H13ClN2O3S2. The van der Waals surface area contributed by atoms with Crippen molar-refractivity contribution in [2.45, 2.75) is 13.0 Å². The van der Waals surface area contributed by atoms with E-state index in [2.05, 4.69) is 10.3 Å². The summed E-state index contributed by atoms with van der Waals surface area (Å²) < 4.78 is 5.19. The highest BCUT2D eigenvalue weighted by Crippen LogP contribution is 2.28. The molecule has 0 unspecified atom stereocenters. The zero-order valence-electron chi connectivity index (χ0n) is 13.1. The number of hydrogen-bond acceptors (Lipinski definition) is 6. The van der Waals surface area contributed by atoms with E-state index < -0.39 is 18.0 Å². The summed E-state index contributed by atoms with van der Waals surface area (Å²) in [4.78, 5) is 29.6. The molecule has 0 saturated heterocycles. The van der Waals surface area contributed by atoms with Crippen LogP contribution in [0, 0.1) is 0 Å². The molecule has 1 atom stereocenters. The van der Waals surface area contributed by atoms with Crippen LogP contribution in [0.2, 0.25) is 5.02 Å². The fourth-order valence-corrected chi connectivity index (χ4v) is 3.76. The molecule has 1 amide bonds. The van der Waals surface area contributed by atoms with Crippen molar-refractivity contribution in [3.63, 3.8) is 0 Å². The van der Waals surface area contributed by atoms with Crippen LogP contribution in [0.25, 0.3) is 9.88 Å². The van der Waals surface area contributed by atoms with Crippen LogP contribution in [-0.4, -0.2) is 23.0 Å². The van der Waals surface area contributed by atoms with Crippen LogP contribution in [0.15, 0.2) is 47.2 Å². The van der Waals surface area contributed by atoms with Gasteiger partial charge in [-0.2, -0.15) is 0 Å². The zero-order valence-corrected chi connectivity index (χ0v) is 15.5. The van der Waals surface area contributed by atoms with Crippen LogP contribution in [0.3, 0.4) is 0 Å². The molecule has 2 heterocycles. The number of rotatable bonds is 5. The number of thiazole rings is 1. The molecule has 0 aliphatic heterocycles. The first kappa shape index (κ1) is 17.6. The molecule has 1 aromatic carbocycles. The molecule has 0 saturated carbocycles. The lowest BCUT2D eigenvalue weighted by atomic mass is 10.3. The molecule has 0 bridgehead atoms. The average molecular weight is 393 g/mol. The number of hydrogen-bond donors (Lipinski definition) is 1. The summed E-state index contributed by atoms with van der Waals surface area (Å²) in [5.41, 5.74) is 0.727. The Morgan fingerprint density at radius 3 is 2.80 bits per heavy atom. The van der Waals surface area contributed by atoms with Gasteiger partial charge in [0.2, 0.25) is 0 Å². The van der Waals surface area contributed by atoms with Gasteiger partial charge in [0.05, 0.1) is 4.88 Å². The van der Waals surface area contributed by atoms with Gasteiger partial charge in [0.25, 0.3) is 5.91 Å². The third kappa shape index (κ3) is 4.45. The first-order valence-electron chi connectivity index (χ1n) is 7.30. The molecule has 25 heavy (non-hydrogen) atoms. The van der Waals surface area contributed by atoms with Crippen molar-refractivity contribution in [1.29, 1.82) is 0 Å². The second-order valence-corrected chi connectivity index (χ2v) is 7.30. The molecular weight excluding hydrogens is 380 g/mol. The smallest absolute Gasteiger partial charge is 0.358 e. The maximum atomic E-state index is 12.2. The summed E-state index contributed by atoms with van der Waals surface area (Å²) >= 11 is 8.78. The van der Waals surface area contributed by atoms with Crippen molar-refractivity contribution in [1.82, 2.24) is 4.98 Å². The van der Waals surface area contributed by atoms with E-state index in [4.69, 9.17) is 16.3 Å². The van der Waals surface area contributed by atoms with Gasteiger partial charge < -0.3 is 10.1 Å². The Morgan fingerprint density at radius 2 is 2.08 bits per heavy atom. The molecule has 0 fully saturated rings. The average Bonchev–Trinajstić information content (AvgIpc) is 3.26. The van der Waals surface area contributed by atoms with Gasteiger partial charge >= 0.3 is 5.97 Å². The maximum absolute atomic E-state index is 12.2. The second kappa shape index (κ2) is 7.77. The Kier molecular flexibility index (Phi) is 5.47. The van der Waals surface area contributed by atoms with Crippen LogP contribution in [0.5, 0.6) is 0 Å². The van der Waals surface area contributed by atoms with E-state index in [9.17, 15) is 9.59 Å². The van der Waals surface area contributed by atoms with Crippen LogP contribution in [-0.2, 0) is 9.53 Å². The van der Waals surface area contributed by atoms with Gasteiger partial charge in [0.1, 0.15) is 5.01 Å². The van der Waals surface area contributed by atoms with Gasteiger partial charge in [-0.15, -0.1) is 22.7 Å². The van der Waals surface area contributed by atoms with Crippen molar-refractivity contribution in [2.75, 3.05) is 5.32 Å². The van der Waals surface area contributed by atoms with E-state index in [-0.39, 0.29) is 5.69 Å². The van der Waals surface area contributed by atoms with Crippen molar-refractivity contribution >= 4 is 51.8 Å². The van der Waals surface area contributed by atoms with Crippen molar-refractivity contribution in [3.8, 4) is 9.88 Å². The number of aromatic nitrogens is 1. The number of ether oxygens (including phenoxy) is 1. The molecule has 0 radical (unpaired) electrons. The molecule has 0 aliphatic rings. The Bertz CT molecular complexity index is 893. The number of amides is 1. The Hall–Kier alpha value is -2.22. The number of benzene rings is 1. The predicted octanol–water partition coefficient (Wildman–Crippen LogP) is 4.71. The third-order valence-corrected chi connectivity index (χ3v) is 5.31. The topological polar surface area (TPSA) is 68.3 Å². The lowest BCUT2D eigenvalue weighted by Gasteiger charge is -2.12. The van der Waals surface area contributed by atoms with Crippen LogP contribution < -0.4 is 5.32 Å². The number of nitrogens with zero attached hydrogens (tertiary/aromatic N) is 1. The maximum Gasteiger partial charge on any atom is 0.358 e. The number of nitrogens with one attached hydrogen (secondary N) is 1. The monoisotopic (exact) mass is 392 g/mol. The fourth-order valence-electron chi connectivity index (χ4n) is 1.97. The number of halogens is 1. The SMILES string of the molecule is C[C@@H](OC(=O)c1csc(-c2cccs2)n1)C(=O)Nc1cccc(Cl)c1. The summed E-state index contributed by atoms with van der Waals surface area (Å²) in [5.74, 6) is -1.07. The largest absolute Gasteiger partial charge is 0.448 e. The minimum Gasteiger partial charge on any atom is -0.448 e. The second-order valence-electron chi connectivity index (χ2n) is 5.06. The van der Waals surface area contributed by atoms with E-state index in [1.807, 2.05) is 17.5 Å². The Balaban J connectivity index is 1.61. The summed E-state index contributed by atoms with van der Waals surface area (Å²) in [6.45, 7) is 1.50. The molecule has 2 aromatic heterocycles. The van der Waals surface area contributed by atoms with Gasteiger partial charge in [0, 0.05) is 16.1 Å². The first-order chi connectivity index (χ1) is 12.0. The van der Waals surface area contributed by atoms with Crippen molar-refractivity contribution < 1.29 is 14.3 Å². The highest BCUT2D eigenvalue weighted by atomic mass is 35.5. The minimum atomic E-state index is -0.960. The minimum absolute atomic E-state index is 0.191. The molecule has 3 rings (SSSR count). The number of thiophene rings is 1. The van der Waals surface area contributed by atoms with Crippen LogP contribution in [0.4, 0.5) is 5.69 Å². The highest BCUT2D eigenvalue weighted by Gasteiger charge is 2.21. The first-order valence-corrected chi connectivity index (χ1v) is 9.43. The molecule has 0 aliphatic carbocycles. The van der Waals surface area contributed by atoms with Crippen molar-refractivity contribution in [2.24, 2.45) is 0 Å². The lowest BCUT2D eigenvalue weighted by Crippen LogP contribution is -2.30. The normalized spacial score (nSPS) is 11.8. The van der Waals surface area contributed by atoms with Crippen LogP contribution in [0.1, 0.15) is 17.4 Å². The fraction of sp³-hybridized carbons (Fsp3) is 0.118. The number of carbonyl (C=O) groups is 2. The predicted molar refractivity (Wildman–Crippen MR) is 100 cm³/mol. The zero-order chi connectivity index (χ0) is 17.8. The number of esters is 1. The highest BCUT2D eigenvalue weighted by molar-refractivity contribution is 7.20. The van der Waals surface area contributed by atoms with E-state index in [0.29, 0.717) is 10.7 Å². The quantitative estimate of drug-likeness (QED) is 0.638. The number of anilines is 1. The van der Waals surface area contributed by atoms with Gasteiger partial charge in [-0.3, -0.25) is 4.79 Å². The lowest BCUT2D eigenvalue weighted by molar-refractivity contribution is -0.123. The molecule has 0 spiro atoms. The molecule has 1 N–H and O–H groups in total. The van der Waals surface area contributed by atoms with Gasteiger partial charge in [-0.25, -0.2) is 9.78 Å². The van der Waals surface area contributed by atoms with Crippen molar-refractivity contribution in [3.05, 3.63) is 57.9 Å². The van der Waals surface area contributed by atoms with E-state index >= 15 is 0 Å².